The highest BCUT2D eigenvalue weighted by molar-refractivity contribution is 6.22. The molecule has 0 radical (unpaired) electrons. The normalized spacial score (nSPS) is 18.8. The minimum atomic E-state index is -0.143. The fourth-order valence-corrected chi connectivity index (χ4v) is 2.91. The summed E-state index contributed by atoms with van der Waals surface area (Å²) < 4.78 is 5.38. The first kappa shape index (κ1) is 11.5. The number of fused-ring (bicyclic) bond motifs is 1. The van der Waals surface area contributed by atoms with Crippen molar-refractivity contribution in [3.8, 4) is 5.75 Å². The third-order valence-electron chi connectivity index (χ3n) is 3.94. The van der Waals surface area contributed by atoms with Crippen LogP contribution in [0.4, 0.5) is 0 Å². The molecule has 2 nitrogen and oxygen atoms in total. The molecule has 1 aromatic carbocycles. The Hall–Kier alpha value is -1.57. The Morgan fingerprint density at radius 1 is 1.17 bits per heavy atom. The number of hydrogen-bond donors (Lipinski definition) is 0. The van der Waals surface area contributed by atoms with E-state index in [2.05, 4.69) is 13.0 Å². The Bertz CT molecular complexity index is 518. The molecule has 0 unspecified atom stereocenters. The zero-order valence-electron chi connectivity index (χ0n) is 10.8. The van der Waals surface area contributed by atoms with Gasteiger partial charge in [0.1, 0.15) is 5.75 Å². The maximum absolute atomic E-state index is 12.1. The highest BCUT2D eigenvalue weighted by atomic mass is 16.5. The first-order valence-electron chi connectivity index (χ1n) is 6.87. The molecule has 1 heterocycles. The van der Waals surface area contributed by atoms with E-state index in [1.807, 2.05) is 12.1 Å². The molecular formula is C16H18O2. The van der Waals surface area contributed by atoms with Crippen molar-refractivity contribution in [1.29, 1.82) is 0 Å². The molecule has 1 aliphatic heterocycles. The molecule has 0 atom stereocenters. The van der Waals surface area contributed by atoms with E-state index in [4.69, 9.17) is 4.74 Å². The Morgan fingerprint density at radius 2 is 1.94 bits per heavy atom. The van der Waals surface area contributed by atoms with Gasteiger partial charge < -0.3 is 4.74 Å². The van der Waals surface area contributed by atoms with Crippen LogP contribution in [0.1, 0.15) is 50.2 Å². The van der Waals surface area contributed by atoms with Gasteiger partial charge in [-0.1, -0.05) is 25.0 Å². The van der Waals surface area contributed by atoms with Gasteiger partial charge in [0.05, 0.1) is 5.57 Å². The molecule has 0 saturated heterocycles. The molecular weight excluding hydrogens is 224 g/mol. The second-order valence-corrected chi connectivity index (χ2v) is 5.11. The summed E-state index contributed by atoms with van der Waals surface area (Å²) in [5.74, 6) is 0.598. The summed E-state index contributed by atoms with van der Waals surface area (Å²) in [5.41, 5.74) is 4.45. The van der Waals surface area contributed by atoms with Crippen molar-refractivity contribution in [3.63, 3.8) is 0 Å². The van der Waals surface area contributed by atoms with Gasteiger partial charge in [-0.3, -0.25) is 0 Å². The molecule has 1 fully saturated rings. The van der Waals surface area contributed by atoms with Gasteiger partial charge in [-0.2, -0.15) is 0 Å². The summed E-state index contributed by atoms with van der Waals surface area (Å²) in [4.78, 5) is 12.1. The number of allylic oxidation sites excluding steroid dienone is 1. The van der Waals surface area contributed by atoms with Crippen LogP contribution < -0.4 is 4.74 Å². The van der Waals surface area contributed by atoms with Crippen molar-refractivity contribution in [1.82, 2.24) is 0 Å². The van der Waals surface area contributed by atoms with E-state index in [0.717, 1.165) is 36.1 Å². The van der Waals surface area contributed by atoms with Crippen LogP contribution in [0.15, 0.2) is 23.8 Å². The van der Waals surface area contributed by atoms with Crippen molar-refractivity contribution in [2.75, 3.05) is 0 Å². The smallest absolute Gasteiger partial charge is 0.344 e. The molecule has 3 rings (SSSR count). The Morgan fingerprint density at radius 3 is 2.67 bits per heavy atom. The highest BCUT2D eigenvalue weighted by Crippen LogP contribution is 2.40. The van der Waals surface area contributed by atoms with Crippen molar-refractivity contribution in [2.45, 2.75) is 45.4 Å². The predicted octanol–water partition coefficient (Wildman–Crippen LogP) is 3.89. The van der Waals surface area contributed by atoms with Crippen LogP contribution >= 0.6 is 0 Å². The summed E-state index contributed by atoms with van der Waals surface area (Å²) in [6, 6.07) is 6.10. The lowest BCUT2D eigenvalue weighted by Crippen LogP contribution is -2.06. The van der Waals surface area contributed by atoms with Gasteiger partial charge >= 0.3 is 5.97 Å². The number of aryl methyl sites for hydroxylation is 1. The van der Waals surface area contributed by atoms with Gasteiger partial charge in [-0.25, -0.2) is 4.79 Å². The Labute approximate surface area is 108 Å². The van der Waals surface area contributed by atoms with E-state index < -0.39 is 0 Å². The SMILES string of the molecule is CCc1ccc2c(c1)C(=C1CCCCC1)C(=O)O2. The van der Waals surface area contributed by atoms with Crippen molar-refractivity contribution >= 4 is 11.5 Å². The second-order valence-electron chi connectivity index (χ2n) is 5.11. The molecule has 0 bridgehead atoms. The minimum absolute atomic E-state index is 0.143. The van der Waals surface area contributed by atoms with E-state index >= 15 is 0 Å². The van der Waals surface area contributed by atoms with Crippen LogP contribution in [0.3, 0.4) is 0 Å². The quantitative estimate of drug-likeness (QED) is 0.424. The van der Waals surface area contributed by atoms with Crippen LogP contribution in [0.25, 0.3) is 5.57 Å². The van der Waals surface area contributed by atoms with Gasteiger partial charge in [0.15, 0.2) is 0 Å². The van der Waals surface area contributed by atoms with E-state index in [1.165, 1.54) is 30.4 Å². The summed E-state index contributed by atoms with van der Waals surface area (Å²) in [6.07, 6.45) is 6.79. The minimum Gasteiger partial charge on any atom is -0.422 e. The molecule has 0 amide bonds. The average molecular weight is 242 g/mol. The lowest BCUT2D eigenvalue weighted by Gasteiger charge is -2.15. The van der Waals surface area contributed by atoms with Gasteiger partial charge in [-0.15, -0.1) is 0 Å². The number of esters is 1. The summed E-state index contributed by atoms with van der Waals surface area (Å²) in [7, 11) is 0. The molecule has 0 N–H and O–H groups in total. The summed E-state index contributed by atoms with van der Waals surface area (Å²) >= 11 is 0. The second kappa shape index (κ2) is 4.60. The third-order valence-corrected chi connectivity index (χ3v) is 3.94. The lowest BCUT2D eigenvalue weighted by molar-refractivity contribution is -0.127. The number of rotatable bonds is 1. The highest BCUT2D eigenvalue weighted by Gasteiger charge is 2.30. The van der Waals surface area contributed by atoms with E-state index in [0.29, 0.717) is 0 Å². The molecule has 1 aromatic rings. The maximum Gasteiger partial charge on any atom is 0.344 e. The number of ether oxygens (including phenoxy) is 1. The Balaban J connectivity index is 2.09. The molecule has 1 saturated carbocycles. The fraction of sp³-hybridized carbons (Fsp3) is 0.438. The standard InChI is InChI=1S/C16H18O2/c1-2-11-8-9-14-13(10-11)15(16(17)18-14)12-6-4-3-5-7-12/h8-10H,2-7H2,1H3. The van der Waals surface area contributed by atoms with Crippen LogP contribution in [-0.4, -0.2) is 5.97 Å². The number of carbonyl (C=O) groups excluding carboxylic acids is 1. The number of benzene rings is 1. The van der Waals surface area contributed by atoms with Crippen LogP contribution in [0, 0.1) is 0 Å². The Kier molecular flexibility index (Phi) is 2.94. The van der Waals surface area contributed by atoms with Gasteiger partial charge in [0, 0.05) is 5.56 Å². The van der Waals surface area contributed by atoms with Crippen LogP contribution in [0.5, 0.6) is 5.75 Å². The van der Waals surface area contributed by atoms with E-state index in [-0.39, 0.29) is 5.97 Å². The molecule has 18 heavy (non-hydrogen) atoms. The fourth-order valence-electron chi connectivity index (χ4n) is 2.91. The average Bonchev–Trinajstić information content (AvgIpc) is 2.74. The third kappa shape index (κ3) is 1.86. The largest absolute Gasteiger partial charge is 0.422 e. The van der Waals surface area contributed by atoms with Crippen molar-refractivity contribution in [3.05, 3.63) is 34.9 Å². The van der Waals surface area contributed by atoms with Crippen LogP contribution in [0.2, 0.25) is 0 Å². The zero-order chi connectivity index (χ0) is 12.5. The van der Waals surface area contributed by atoms with E-state index in [9.17, 15) is 4.79 Å². The first-order chi connectivity index (χ1) is 8.79. The molecule has 2 heteroatoms. The number of carbonyl (C=O) groups is 1. The summed E-state index contributed by atoms with van der Waals surface area (Å²) in [5, 5.41) is 0. The topological polar surface area (TPSA) is 26.3 Å². The van der Waals surface area contributed by atoms with Gasteiger partial charge in [0.2, 0.25) is 0 Å². The number of hydrogen-bond acceptors (Lipinski definition) is 2. The molecule has 2 aliphatic rings. The van der Waals surface area contributed by atoms with Crippen LogP contribution in [-0.2, 0) is 11.2 Å². The van der Waals surface area contributed by atoms with Crippen molar-refractivity contribution < 1.29 is 9.53 Å². The molecule has 0 aromatic heterocycles. The zero-order valence-corrected chi connectivity index (χ0v) is 10.8. The lowest BCUT2D eigenvalue weighted by atomic mass is 9.88. The first-order valence-corrected chi connectivity index (χ1v) is 6.87. The van der Waals surface area contributed by atoms with Gasteiger partial charge in [-0.05, 0) is 49.8 Å². The maximum atomic E-state index is 12.1. The molecule has 0 spiro atoms. The molecule has 94 valence electrons. The monoisotopic (exact) mass is 242 g/mol. The predicted molar refractivity (Wildman–Crippen MR) is 71.5 cm³/mol. The summed E-state index contributed by atoms with van der Waals surface area (Å²) in [6.45, 7) is 2.13. The van der Waals surface area contributed by atoms with E-state index in [1.54, 1.807) is 0 Å². The van der Waals surface area contributed by atoms with Gasteiger partial charge in [0.25, 0.3) is 0 Å². The van der Waals surface area contributed by atoms with Crippen molar-refractivity contribution in [2.24, 2.45) is 0 Å². The molecule has 1 aliphatic carbocycles.